The summed E-state index contributed by atoms with van der Waals surface area (Å²) in [6.45, 7) is 7.91. The molecule has 0 aromatic carbocycles. The van der Waals surface area contributed by atoms with Gasteiger partial charge < -0.3 is 14.6 Å². The van der Waals surface area contributed by atoms with Crippen LogP contribution in [-0.2, 0) is 0 Å². The van der Waals surface area contributed by atoms with Gasteiger partial charge in [-0.3, -0.25) is 4.79 Å². The number of nitrogens with zero attached hydrogens (tertiary/aromatic N) is 3. The van der Waals surface area contributed by atoms with Crippen molar-refractivity contribution >= 4 is 17.5 Å². The second-order valence-electron chi connectivity index (χ2n) is 5.32. The Morgan fingerprint density at radius 2 is 2.22 bits per heavy atom. The van der Waals surface area contributed by atoms with Crippen LogP contribution in [0, 0.1) is 12.8 Å². The monoisotopic (exact) mass is 338 g/mol. The number of amides is 1. The first kappa shape index (κ1) is 17.2. The Labute approximate surface area is 139 Å². The minimum atomic E-state index is -0.394. The molecule has 0 saturated carbocycles. The number of hydrogen-bond donors (Lipinski definition) is 1. The Morgan fingerprint density at radius 1 is 1.48 bits per heavy atom. The lowest BCUT2D eigenvalue weighted by Gasteiger charge is -2.18. The Hall–Kier alpha value is -2.15. The van der Waals surface area contributed by atoms with Crippen molar-refractivity contribution in [2.75, 3.05) is 6.61 Å². The number of carbonyl (C=O) groups is 1. The summed E-state index contributed by atoms with van der Waals surface area (Å²) in [7, 11) is 0. The third-order valence-electron chi connectivity index (χ3n) is 3.11. The van der Waals surface area contributed by atoms with E-state index in [9.17, 15) is 4.79 Å². The molecule has 1 atom stereocenters. The third kappa shape index (κ3) is 4.19. The van der Waals surface area contributed by atoms with Gasteiger partial charge in [-0.15, -0.1) is 0 Å². The molecule has 7 nitrogen and oxygen atoms in total. The van der Waals surface area contributed by atoms with Gasteiger partial charge in [0.2, 0.25) is 11.8 Å². The highest BCUT2D eigenvalue weighted by Gasteiger charge is 2.25. The van der Waals surface area contributed by atoms with Crippen molar-refractivity contribution in [3.63, 3.8) is 0 Å². The molecule has 0 radical (unpaired) electrons. The zero-order valence-corrected chi connectivity index (χ0v) is 14.2. The van der Waals surface area contributed by atoms with E-state index in [1.54, 1.807) is 6.92 Å². The summed E-state index contributed by atoms with van der Waals surface area (Å²) in [5, 5.41) is 6.91. The smallest absolute Gasteiger partial charge is 0.253 e. The summed E-state index contributed by atoms with van der Waals surface area (Å²) in [5.74, 6) is 0.946. The van der Waals surface area contributed by atoms with Crippen molar-refractivity contribution in [3.05, 3.63) is 34.6 Å². The van der Waals surface area contributed by atoms with Crippen molar-refractivity contribution in [1.29, 1.82) is 0 Å². The summed E-state index contributed by atoms with van der Waals surface area (Å²) in [4.78, 5) is 20.7. The normalized spacial score (nSPS) is 12.3. The lowest BCUT2D eigenvalue weighted by atomic mass is 10.0. The van der Waals surface area contributed by atoms with Crippen molar-refractivity contribution in [2.24, 2.45) is 5.92 Å². The van der Waals surface area contributed by atoms with Gasteiger partial charge in [-0.2, -0.15) is 4.98 Å². The number of nitrogens with one attached hydrogen (secondary N) is 1. The Morgan fingerprint density at radius 3 is 2.74 bits per heavy atom. The predicted octanol–water partition coefficient (Wildman–Crippen LogP) is 2.95. The molecule has 0 spiro atoms. The van der Waals surface area contributed by atoms with Crippen LogP contribution in [0.4, 0.5) is 0 Å². The number of aryl methyl sites for hydroxylation is 1. The maximum Gasteiger partial charge on any atom is 0.253 e. The van der Waals surface area contributed by atoms with E-state index in [1.165, 1.54) is 12.3 Å². The van der Waals surface area contributed by atoms with Crippen LogP contribution >= 0.6 is 11.6 Å². The first-order chi connectivity index (χ1) is 10.9. The number of pyridine rings is 1. The summed E-state index contributed by atoms with van der Waals surface area (Å²) < 4.78 is 10.4. The van der Waals surface area contributed by atoms with Crippen LogP contribution in [0.5, 0.6) is 5.88 Å². The second-order valence-corrected chi connectivity index (χ2v) is 5.73. The molecule has 1 amide bonds. The van der Waals surface area contributed by atoms with Gasteiger partial charge in [0.25, 0.3) is 5.91 Å². The minimum absolute atomic E-state index is 0.0740. The Kier molecular flexibility index (Phi) is 5.54. The predicted molar refractivity (Wildman–Crippen MR) is 84.5 cm³/mol. The SMILES string of the molecule is CCOc1ncc(C(=O)N[C@H](c2nc(C)no2)C(C)C)cc1Cl. The van der Waals surface area contributed by atoms with Crippen LogP contribution in [0.2, 0.25) is 5.02 Å². The van der Waals surface area contributed by atoms with E-state index in [1.807, 2.05) is 20.8 Å². The second kappa shape index (κ2) is 7.41. The fourth-order valence-electron chi connectivity index (χ4n) is 1.97. The molecular weight excluding hydrogens is 320 g/mol. The highest BCUT2D eigenvalue weighted by molar-refractivity contribution is 6.32. The lowest BCUT2D eigenvalue weighted by molar-refractivity contribution is 0.0913. The average molecular weight is 339 g/mol. The molecule has 0 aliphatic carbocycles. The molecule has 0 aliphatic rings. The molecule has 0 saturated heterocycles. The molecule has 0 bridgehead atoms. The maximum absolute atomic E-state index is 12.4. The van der Waals surface area contributed by atoms with Crippen molar-refractivity contribution in [3.8, 4) is 5.88 Å². The van der Waals surface area contributed by atoms with Gasteiger partial charge in [0.15, 0.2) is 5.82 Å². The van der Waals surface area contributed by atoms with Crippen LogP contribution in [0.25, 0.3) is 0 Å². The number of aromatic nitrogens is 3. The highest BCUT2D eigenvalue weighted by Crippen LogP contribution is 2.24. The molecule has 0 unspecified atom stereocenters. The fourth-order valence-corrected chi connectivity index (χ4v) is 2.19. The van der Waals surface area contributed by atoms with E-state index >= 15 is 0 Å². The molecule has 0 aliphatic heterocycles. The van der Waals surface area contributed by atoms with E-state index in [2.05, 4.69) is 20.4 Å². The molecular formula is C15H19ClN4O3. The van der Waals surface area contributed by atoms with E-state index < -0.39 is 6.04 Å². The van der Waals surface area contributed by atoms with Gasteiger partial charge in [-0.1, -0.05) is 30.6 Å². The lowest BCUT2D eigenvalue weighted by Crippen LogP contribution is -2.32. The molecule has 0 fully saturated rings. The number of ether oxygens (including phenoxy) is 1. The summed E-state index contributed by atoms with van der Waals surface area (Å²) in [6.07, 6.45) is 1.42. The minimum Gasteiger partial charge on any atom is -0.477 e. The van der Waals surface area contributed by atoms with Crippen LogP contribution in [0.1, 0.15) is 48.9 Å². The quantitative estimate of drug-likeness (QED) is 0.870. The average Bonchev–Trinajstić information content (AvgIpc) is 2.92. The number of carbonyl (C=O) groups excluding carboxylic acids is 1. The number of hydrogen-bond acceptors (Lipinski definition) is 6. The first-order valence-corrected chi connectivity index (χ1v) is 7.69. The molecule has 8 heteroatoms. The van der Waals surface area contributed by atoms with Crippen molar-refractivity contribution in [1.82, 2.24) is 20.4 Å². The molecule has 2 aromatic heterocycles. The van der Waals surface area contributed by atoms with E-state index in [0.717, 1.165) is 0 Å². The van der Waals surface area contributed by atoms with Gasteiger partial charge in [-0.25, -0.2) is 4.98 Å². The molecule has 2 heterocycles. The molecule has 2 rings (SSSR count). The van der Waals surface area contributed by atoms with Gasteiger partial charge in [0, 0.05) is 6.20 Å². The largest absolute Gasteiger partial charge is 0.477 e. The van der Waals surface area contributed by atoms with Crippen LogP contribution < -0.4 is 10.1 Å². The van der Waals surface area contributed by atoms with Crippen LogP contribution in [-0.4, -0.2) is 27.6 Å². The Balaban J connectivity index is 2.17. The van der Waals surface area contributed by atoms with E-state index in [-0.39, 0.29) is 16.8 Å². The standard InChI is InChI=1S/C15H19ClN4O3/c1-5-22-14-11(16)6-10(7-17-14)13(21)19-12(8(2)3)15-18-9(4)20-23-15/h6-8,12H,5H2,1-4H3,(H,19,21)/t12-/m0/s1. The zero-order chi connectivity index (χ0) is 17.0. The van der Waals surface area contributed by atoms with Gasteiger partial charge in [-0.05, 0) is 25.8 Å². The summed E-state index contributed by atoms with van der Waals surface area (Å²) in [5.41, 5.74) is 0.334. The number of rotatable bonds is 6. The molecule has 2 aromatic rings. The molecule has 124 valence electrons. The summed E-state index contributed by atoms with van der Waals surface area (Å²) >= 11 is 6.06. The Bertz CT molecular complexity index is 687. The number of halogens is 1. The van der Waals surface area contributed by atoms with E-state index in [0.29, 0.717) is 29.8 Å². The van der Waals surface area contributed by atoms with Crippen molar-refractivity contribution in [2.45, 2.75) is 33.7 Å². The van der Waals surface area contributed by atoms with Crippen molar-refractivity contribution < 1.29 is 14.1 Å². The van der Waals surface area contributed by atoms with Crippen LogP contribution in [0.15, 0.2) is 16.8 Å². The van der Waals surface area contributed by atoms with Gasteiger partial charge >= 0.3 is 0 Å². The zero-order valence-electron chi connectivity index (χ0n) is 13.5. The molecule has 1 N–H and O–H groups in total. The topological polar surface area (TPSA) is 90.1 Å². The fraction of sp³-hybridized carbons (Fsp3) is 0.467. The first-order valence-electron chi connectivity index (χ1n) is 7.31. The van der Waals surface area contributed by atoms with E-state index in [4.69, 9.17) is 20.9 Å². The highest BCUT2D eigenvalue weighted by atomic mass is 35.5. The summed E-state index contributed by atoms with van der Waals surface area (Å²) in [6, 6.07) is 1.12. The van der Waals surface area contributed by atoms with Gasteiger partial charge in [0.1, 0.15) is 11.1 Å². The molecule has 23 heavy (non-hydrogen) atoms. The third-order valence-corrected chi connectivity index (χ3v) is 3.38. The van der Waals surface area contributed by atoms with Crippen LogP contribution in [0.3, 0.4) is 0 Å². The van der Waals surface area contributed by atoms with Gasteiger partial charge in [0.05, 0.1) is 12.2 Å². The maximum atomic E-state index is 12.4.